The van der Waals surface area contributed by atoms with Crippen molar-refractivity contribution >= 4 is 21.7 Å². The number of rotatable bonds is 3. The fourth-order valence-corrected chi connectivity index (χ4v) is 3.63. The summed E-state index contributed by atoms with van der Waals surface area (Å²) in [6.45, 7) is 3.16. The third kappa shape index (κ3) is 2.47. The van der Waals surface area contributed by atoms with Crippen molar-refractivity contribution in [2.75, 3.05) is 11.9 Å². The Morgan fingerprint density at radius 2 is 2.04 bits per heavy atom. The molecule has 0 amide bonds. The van der Waals surface area contributed by atoms with Crippen LogP contribution in [0.3, 0.4) is 0 Å². The van der Waals surface area contributed by atoms with E-state index in [-0.39, 0.29) is 0 Å². The molecule has 0 atom stereocenters. The monoisotopic (exact) mass is 367 g/mol. The predicted molar refractivity (Wildman–Crippen MR) is 98.3 cm³/mol. The summed E-state index contributed by atoms with van der Waals surface area (Å²) >= 11 is 3.56. The van der Waals surface area contributed by atoms with Crippen LogP contribution in [0.2, 0.25) is 0 Å². The molecule has 1 aromatic heterocycles. The Labute approximate surface area is 144 Å². The first-order valence-electron chi connectivity index (χ1n) is 7.98. The molecule has 4 rings (SSSR count). The lowest BCUT2D eigenvalue weighted by Gasteiger charge is -2.10. The van der Waals surface area contributed by atoms with Crippen LogP contribution in [0.4, 0.5) is 5.82 Å². The van der Waals surface area contributed by atoms with Gasteiger partial charge in [-0.25, -0.2) is 4.68 Å². The number of aromatic nitrogens is 2. The smallest absolute Gasteiger partial charge is 0.133 e. The number of nitrogens with zero attached hydrogens (tertiary/aromatic N) is 2. The lowest BCUT2D eigenvalue weighted by Crippen LogP contribution is -2.06. The van der Waals surface area contributed by atoms with E-state index in [1.807, 2.05) is 6.07 Å². The molecule has 1 aliphatic rings. The Kier molecular flexibility index (Phi) is 3.69. The quantitative estimate of drug-likeness (QED) is 0.718. The maximum Gasteiger partial charge on any atom is 0.133 e. The van der Waals surface area contributed by atoms with E-state index in [1.165, 1.54) is 16.8 Å². The molecule has 4 heteroatoms. The molecule has 0 saturated heterocycles. The van der Waals surface area contributed by atoms with E-state index in [0.29, 0.717) is 0 Å². The van der Waals surface area contributed by atoms with Gasteiger partial charge in [0.15, 0.2) is 0 Å². The van der Waals surface area contributed by atoms with Crippen LogP contribution in [-0.2, 0) is 12.8 Å². The summed E-state index contributed by atoms with van der Waals surface area (Å²) in [4.78, 5) is 0. The third-order valence-corrected chi connectivity index (χ3v) is 4.84. The molecule has 0 unspecified atom stereocenters. The topological polar surface area (TPSA) is 29.9 Å². The van der Waals surface area contributed by atoms with E-state index in [1.54, 1.807) is 0 Å². The number of para-hydroxylation sites is 1. The Morgan fingerprint density at radius 3 is 2.87 bits per heavy atom. The van der Waals surface area contributed by atoms with Crippen LogP contribution in [0, 0.1) is 0 Å². The molecule has 3 nitrogen and oxygen atoms in total. The van der Waals surface area contributed by atoms with Gasteiger partial charge in [0.25, 0.3) is 0 Å². The number of nitrogens with one attached hydrogen (secondary N) is 1. The van der Waals surface area contributed by atoms with Gasteiger partial charge in [-0.3, -0.25) is 0 Å². The Bertz CT molecular complexity index is 867. The highest BCUT2D eigenvalue weighted by Crippen LogP contribution is 2.35. The van der Waals surface area contributed by atoms with Gasteiger partial charge in [0.1, 0.15) is 5.82 Å². The minimum atomic E-state index is 0.975. The van der Waals surface area contributed by atoms with Crippen molar-refractivity contribution in [1.82, 2.24) is 9.78 Å². The van der Waals surface area contributed by atoms with E-state index in [9.17, 15) is 0 Å². The molecule has 0 saturated carbocycles. The zero-order chi connectivity index (χ0) is 15.8. The third-order valence-electron chi connectivity index (χ3n) is 4.35. The summed E-state index contributed by atoms with van der Waals surface area (Å²) in [5.74, 6) is 1.14. The fraction of sp³-hybridized carbons (Fsp3) is 0.211. The molecular weight excluding hydrogens is 350 g/mol. The van der Waals surface area contributed by atoms with Crippen LogP contribution >= 0.6 is 15.9 Å². The molecule has 0 radical (unpaired) electrons. The van der Waals surface area contributed by atoms with Crippen molar-refractivity contribution in [2.45, 2.75) is 19.8 Å². The molecule has 23 heavy (non-hydrogen) atoms. The number of halogens is 1. The van der Waals surface area contributed by atoms with Crippen LogP contribution in [0.5, 0.6) is 0 Å². The second-order valence-corrected chi connectivity index (χ2v) is 6.67. The van der Waals surface area contributed by atoms with Crippen molar-refractivity contribution < 1.29 is 0 Å². The number of hydrogen-bond acceptors (Lipinski definition) is 2. The molecule has 3 aromatic rings. The van der Waals surface area contributed by atoms with E-state index in [2.05, 4.69) is 75.3 Å². The van der Waals surface area contributed by atoms with E-state index in [0.717, 1.165) is 40.9 Å². The molecule has 1 N–H and O–H groups in total. The van der Waals surface area contributed by atoms with Crippen LogP contribution < -0.4 is 5.32 Å². The summed E-state index contributed by atoms with van der Waals surface area (Å²) < 4.78 is 3.16. The highest BCUT2D eigenvalue weighted by Gasteiger charge is 2.24. The molecule has 0 bridgehead atoms. The Morgan fingerprint density at radius 1 is 1.17 bits per heavy atom. The number of fused-ring (bicyclic) bond motifs is 1. The van der Waals surface area contributed by atoms with Crippen molar-refractivity contribution in [1.29, 1.82) is 0 Å². The van der Waals surface area contributed by atoms with Gasteiger partial charge in [0, 0.05) is 22.1 Å². The zero-order valence-corrected chi connectivity index (χ0v) is 14.6. The lowest BCUT2D eigenvalue weighted by atomic mass is 10.1. The van der Waals surface area contributed by atoms with Gasteiger partial charge in [0.05, 0.1) is 11.4 Å². The van der Waals surface area contributed by atoms with Gasteiger partial charge >= 0.3 is 0 Å². The van der Waals surface area contributed by atoms with Crippen LogP contribution in [0.1, 0.15) is 18.1 Å². The first-order chi connectivity index (χ1) is 11.3. The number of benzene rings is 2. The van der Waals surface area contributed by atoms with E-state index < -0.39 is 0 Å². The molecule has 2 heterocycles. The maximum absolute atomic E-state index is 4.96. The molecule has 1 aliphatic heterocycles. The fourth-order valence-electron chi connectivity index (χ4n) is 3.23. The SMILES string of the molecule is CCc1ccccc1-n1nc(-c2cccc(Br)c2)c2c1NCC2. The largest absolute Gasteiger partial charge is 0.369 e. The standard InChI is InChI=1S/C19H18BrN3/c1-2-13-6-3-4-9-17(13)23-19-16(10-11-21-19)18(22-23)14-7-5-8-15(20)12-14/h3-9,12,21H,2,10-11H2,1H3. The first kappa shape index (κ1) is 14.5. The molecule has 116 valence electrons. The lowest BCUT2D eigenvalue weighted by molar-refractivity contribution is 0.866. The van der Waals surface area contributed by atoms with Crippen LogP contribution in [0.15, 0.2) is 53.0 Å². The van der Waals surface area contributed by atoms with Crippen molar-refractivity contribution in [3.63, 3.8) is 0 Å². The highest BCUT2D eigenvalue weighted by atomic mass is 79.9. The van der Waals surface area contributed by atoms with Crippen LogP contribution in [0.25, 0.3) is 16.9 Å². The average molecular weight is 368 g/mol. The summed E-state index contributed by atoms with van der Waals surface area (Å²) in [6, 6.07) is 16.9. The normalized spacial score (nSPS) is 13.0. The van der Waals surface area contributed by atoms with Gasteiger partial charge in [-0.1, -0.05) is 53.2 Å². The second-order valence-electron chi connectivity index (χ2n) is 5.76. The van der Waals surface area contributed by atoms with Crippen molar-refractivity contribution in [3.8, 4) is 16.9 Å². The molecule has 0 spiro atoms. The van der Waals surface area contributed by atoms with Crippen LogP contribution in [-0.4, -0.2) is 16.3 Å². The Balaban J connectivity index is 1.92. The van der Waals surface area contributed by atoms with Gasteiger partial charge in [-0.2, -0.15) is 5.10 Å². The van der Waals surface area contributed by atoms with E-state index in [4.69, 9.17) is 5.10 Å². The number of anilines is 1. The molecule has 0 aliphatic carbocycles. The maximum atomic E-state index is 4.96. The highest BCUT2D eigenvalue weighted by molar-refractivity contribution is 9.10. The van der Waals surface area contributed by atoms with Gasteiger partial charge in [-0.15, -0.1) is 0 Å². The van der Waals surface area contributed by atoms with Crippen molar-refractivity contribution in [2.24, 2.45) is 0 Å². The predicted octanol–water partition coefficient (Wildman–Crippen LogP) is 4.83. The minimum Gasteiger partial charge on any atom is -0.369 e. The van der Waals surface area contributed by atoms with Gasteiger partial charge < -0.3 is 5.32 Å². The van der Waals surface area contributed by atoms with Crippen molar-refractivity contribution in [3.05, 3.63) is 64.1 Å². The first-order valence-corrected chi connectivity index (χ1v) is 8.77. The Hall–Kier alpha value is -2.07. The summed E-state index contributed by atoms with van der Waals surface area (Å²) in [7, 11) is 0. The second kappa shape index (κ2) is 5.85. The zero-order valence-electron chi connectivity index (χ0n) is 13.0. The average Bonchev–Trinajstić information content (AvgIpc) is 3.17. The van der Waals surface area contributed by atoms with Gasteiger partial charge in [0.2, 0.25) is 0 Å². The molecule has 2 aromatic carbocycles. The van der Waals surface area contributed by atoms with E-state index >= 15 is 0 Å². The number of aryl methyl sites for hydroxylation is 1. The molecule has 0 fully saturated rings. The summed E-state index contributed by atoms with van der Waals surface area (Å²) in [6.07, 6.45) is 2.02. The van der Waals surface area contributed by atoms with Gasteiger partial charge in [-0.05, 0) is 36.6 Å². The summed E-state index contributed by atoms with van der Waals surface area (Å²) in [5.41, 5.74) is 6.03. The minimum absolute atomic E-state index is 0.975. The number of hydrogen-bond donors (Lipinski definition) is 1. The molecular formula is C19H18BrN3. The summed E-state index contributed by atoms with van der Waals surface area (Å²) in [5, 5.41) is 8.47.